The van der Waals surface area contributed by atoms with Gasteiger partial charge in [0, 0.05) is 25.2 Å². The van der Waals surface area contributed by atoms with Gasteiger partial charge in [-0.3, -0.25) is 9.59 Å². The van der Waals surface area contributed by atoms with Crippen LogP contribution in [0.4, 0.5) is 0 Å². The minimum atomic E-state index is -0.248. The fourth-order valence-electron chi connectivity index (χ4n) is 6.23. The maximum Gasteiger partial charge on any atom is 0.253 e. The average Bonchev–Trinajstić information content (AvgIpc) is 3.46. The van der Waals surface area contributed by atoms with Gasteiger partial charge in [-0.05, 0) is 91.9 Å². The van der Waals surface area contributed by atoms with E-state index >= 15 is 0 Å². The summed E-state index contributed by atoms with van der Waals surface area (Å²) in [7, 11) is 0. The first-order valence-electron chi connectivity index (χ1n) is 13.1. The Morgan fingerprint density at radius 3 is 2.58 bits per heavy atom. The number of carbonyl (C=O) groups is 2. The number of hydrogen-bond donors (Lipinski definition) is 1. The van der Waals surface area contributed by atoms with Gasteiger partial charge in [0.25, 0.3) is 11.8 Å². The molecule has 2 amide bonds. The number of fused-ring (bicyclic) bond motifs is 1. The van der Waals surface area contributed by atoms with Crippen molar-refractivity contribution in [2.24, 2.45) is 11.3 Å². The molecule has 2 fully saturated rings. The number of amides is 2. The summed E-state index contributed by atoms with van der Waals surface area (Å²) in [4.78, 5) is 31.1. The van der Waals surface area contributed by atoms with Crippen LogP contribution in [0.3, 0.4) is 0 Å². The van der Waals surface area contributed by atoms with Crippen molar-refractivity contribution in [3.63, 3.8) is 0 Å². The van der Waals surface area contributed by atoms with Gasteiger partial charge in [-0.25, -0.2) is 0 Å². The van der Waals surface area contributed by atoms with Crippen LogP contribution in [-0.4, -0.2) is 54.3 Å². The molecule has 1 aliphatic carbocycles. The number of aryl methyl sites for hydroxylation is 1. The zero-order chi connectivity index (χ0) is 25.4. The lowest BCUT2D eigenvalue weighted by Gasteiger charge is -2.39. The molecule has 7 heteroatoms. The Hall–Kier alpha value is -2.08. The quantitative estimate of drug-likeness (QED) is 0.519. The Balaban J connectivity index is 1.25. The second kappa shape index (κ2) is 10.4. The van der Waals surface area contributed by atoms with Crippen molar-refractivity contribution in [3.05, 3.63) is 68.7 Å². The van der Waals surface area contributed by atoms with E-state index in [0.29, 0.717) is 22.1 Å². The van der Waals surface area contributed by atoms with Crippen LogP contribution in [0.2, 0.25) is 10.0 Å². The second-order valence-corrected chi connectivity index (χ2v) is 12.0. The molecular weight excluding hydrogens is 493 g/mol. The maximum absolute atomic E-state index is 13.5. The van der Waals surface area contributed by atoms with E-state index in [0.717, 1.165) is 57.5 Å². The smallest absolute Gasteiger partial charge is 0.253 e. The van der Waals surface area contributed by atoms with Gasteiger partial charge >= 0.3 is 0 Å². The molecule has 2 heterocycles. The summed E-state index contributed by atoms with van der Waals surface area (Å²) in [6, 6.07) is 10.9. The molecule has 1 unspecified atom stereocenters. The molecule has 1 N–H and O–H groups in total. The van der Waals surface area contributed by atoms with Crippen molar-refractivity contribution in [1.29, 1.82) is 0 Å². The van der Waals surface area contributed by atoms with E-state index in [9.17, 15) is 9.59 Å². The van der Waals surface area contributed by atoms with Gasteiger partial charge in [-0.1, -0.05) is 49.2 Å². The highest BCUT2D eigenvalue weighted by atomic mass is 35.5. The molecule has 3 aliphatic rings. The highest BCUT2D eigenvalue weighted by Gasteiger charge is 2.42. The third-order valence-electron chi connectivity index (χ3n) is 8.24. The third kappa shape index (κ3) is 5.16. The summed E-state index contributed by atoms with van der Waals surface area (Å²) in [5.74, 6) is 0.549. The van der Waals surface area contributed by atoms with Crippen LogP contribution >= 0.6 is 23.2 Å². The van der Waals surface area contributed by atoms with Crippen molar-refractivity contribution in [2.45, 2.75) is 52.0 Å². The van der Waals surface area contributed by atoms with Crippen LogP contribution in [0.1, 0.15) is 77.4 Å². The van der Waals surface area contributed by atoms with E-state index in [-0.39, 0.29) is 28.3 Å². The lowest BCUT2D eigenvalue weighted by Crippen LogP contribution is -2.43. The van der Waals surface area contributed by atoms with E-state index in [1.165, 1.54) is 18.4 Å². The molecular formula is C29H35Cl2N3O2. The summed E-state index contributed by atoms with van der Waals surface area (Å²) in [6.45, 7) is 9.67. The van der Waals surface area contributed by atoms with Crippen LogP contribution in [-0.2, 0) is 6.42 Å². The molecule has 2 aromatic rings. The normalized spacial score (nSPS) is 21.2. The molecule has 192 valence electrons. The predicted octanol–water partition coefficient (Wildman–Crippen LogP) is 5.99. The molecule has 0 saturated carbocycles. The summed E-state index contributed by atoms with van der Waals surface area (Å²) < 4.78 is 0. The molecule has 0 bridgehead atoms. The van der Waals surface area contributed by atoms with E-state index in [2.05, 4.69) is 30.1 Å². The van der Waals surface area contributed by atoms with E-state index in [1.54, 1.807) is 18.2 Å². The summed E-state index contributed by atoms with van der Waals surface area (Å²) in [5, 5.41) is 3.73. The van der Waals surface area contributed by atoms with Crippen molar-refractivity contribution >= 4 is 35.0 Å². The second-order valence-electron chi connectivity index (χ2n) is 11.3. The Morgan fingerprint density at radius 2 is 1.83 bits per heavy atom. The van der Waals surface area contributed by atoms with Crippen LogP contribution < -0.4 is 5.32 Å². The number of piperidine rings is 1. The van der Waals surface area contributed by atoms with Gasteiger partial charge in [0.15, 0.2) is 0 Å². The summed E-state index contributed by atoms with van der Waals surface area (Å²) in [5.41, 5.74) is 3.57. The molecule has 2 aromatic carbocycles. The van der Waals surface area contributed by atoms with Crippen LogP contribution in [0, 0.1) is 11.3 Å². The number of nitrogens with zero attached hydrogens (tertiary/aromatic N) is 2. The SMILES string of the molecule is CC(C)CN1CCC2(CC1)CCN(C(=O)c1ccc3c(c1)C(NC(=O)c1cccc(Cl)c1Cl)CC3)C2. The Bertz CT molecular complexity index is 1160. The fraction of sp³-hybridized carbons (Fsp3) is 0.517. The number of benzene rings is 2. The number of likely N-dealkylation sites (tertiary alicyclic amines) is 2. The molecule has 1 spiro atoms. The largest absolute Gasteiger partial charge is 0.345 e. The zero-order valence-corrected chi connectivity index (χ0v) is 22.7. The van der Waals surface area contributed by atoms with Gasteiger partial charge in [-0.2, -0.15) is 0 Å². The predicted molar refractivity (Wildman–Crippen MR) is 145 cm³/mol. The minimum absolute atomic E-state index is 0.106. The molecule has 1 atom stereocenters. The van der Waals surface area contributed by atoms with Gasteiger partial charge in [0.1, 0.15) is 0 Å². The van der Waals surface area contributed by atoms with Crippen molar-refractivity contribution in [3.8, 4) is 0 Å². The third-order valence-corrected chi connectivity index (χ3v) is 9.06. The lowest BCUT2D eigenvalue weighted by molar-refractivity contribution is 0.0709. The molecule has 2 saturated heterocycles. The number of carbonyl (C=O) groups excluding carboxylic acids is 2. The van der Waals surface area contributed by atoms with Gasteiger partial charge < -0.3 is 15.1 Å². The molecule has 2 aliphatic heterocycles. The van der Waals surface area contributed by atoms with E-state index in [1.807, 2.05) is 17.0 Å². The average molecular weight is 529 g/mol. The number of hydrogen-bond acceptors (Lipinski definition) is 3. The Kier molecular flexibility index (Phi) is 7.35. The molecule has 5 rings (SSSR count). The van der Waals surface area contributed by atoms with Crippen LogP contribution in [0.15, 0.2) is 36.4 Å². The van der Waals surface area contributed by atoms with E-state index < -0.39 is 0 Å². The minimum Gasteiger partial charge on any atom is -0.345 e. The van der Waals surface area contributed by atoms with Gasteiger partial charge in [0.05, 0.1) is 21.7 Å². The number of rotatable bonds is 5. The van der Waals surface area contributed by atoms with E-state index in [4.69, 9.17) is 23.2 Å². The standard InChI is InChI=1S/C29H35Cl2N3O2/c1-19(2)17-33-13-10-29(11-14-33)12-15-34(18-29)28(36)21-7-6-20-8-9-25(23(20)16-21)32-27(35)22-4-3-5-24(30)26(22)31/h3-7,16,19,25H,8-15,17-18H2,1-2H3,(H,32,35). The molecule has 5 nitrogen and oxygen atoms in total. The first-order chi connectivity index (χ1) is 17.2. The monoisotopic (exact) mass is 527 g/mol. The van der Waals surface area contributed by atoms with Crippen molar-refractivity contribution < 1.29 is 9.59 Å². The molecule has 36 heavy (non-hydrogen) atoms. The Labute approximate surface area is 224 Å². The van der Waals surface area contributed by atoms with Crippen LogP contribution in [0.25, 0.3) is 0 Å². The van der Waals surface area contributed by atoms with Gasteiger partial charge in [0.2, 0.25) is 0 Å². The molecule has 0 radical (unpaired) electrons. The van der Waals surface area contributed by atoms with Crippen molar-refractivity contribution in [1.82, 2.24) is 15.1 Å². The topological polar surface area (TPSA) is 52.6 Å². The number of nitrogens with one attached hydrogen (secondary N) is 1. The Morgan fingerprint density at radius 1 is 1.08 bits per heavy atom. The van der Waals surface area contributed by atoms with Crippen LogP contribution in [0.5, 0.6) is 0 Å². The fourth-order valence-corrected chi connectivity index (χ4v) is 6.61. The first kappa shape index (κ1) is 25.6. The highest BCUT2D eigenvalue weighted by Crippen LogP contribution is 2.41. The number of halogens is 2. The first-order valence-corrected chi connectivity index (χ1v) is 13.9. The summed E-state index contributed by atoms with van der Waals surface area (Å²) in [6.07, 6.45) is 5.12. The van der Waals surface area contributed by atoms with Gasteiger partial charge in [-0.15, -0.1) is 0 Å². The highest BCUT2D eigenvalue weighted by molar-refractivity contribution is 6.43. The zero-order valence-electron chi connectivity index (χ0n) is 21.2. The molecule has 0 aromatic heterocycles. The lowest BCUT2D eigenvalue weighted by atomic mass is 9.77. The summed E-state index contributed by atoms with van der Waals surface area (Å²) >= 11 is 12.4. The van der Waals surface area contributed by atoms with Crippen molar-refractivity contribution in [2.75, 3.05) is 32.7 Å². The maximum atomic E-state index is 13.5.